The summed E-state index contributed by atoms with van der Waals surface area (Å²) in [6.45, 7) is 2.22. The maximum absolute atomic E-state index is 13.6. The molecule has 1 aliphatic rings. The second-order valence-corrected chi connectivity index (χ2v) is 6.49. The van der Waals surface area contributed by atoms with Gasteiger partial charge in [-0.1, -0.05) is 12.1 Å². The molecule has 1 atom stereocenters. The van der Waals surface area contributed by atoms with Crippen LogP contribution < -0.4 is 9.47 Å². The molecule has 1 aliphatic heterocycles. The summed E-state index contributed by atoms with van der Waals surface area (Å²) in [6.07, 6.45) is 1.61. The fraction of sp³-hybridized carbons (Fsp3) is 0.333. The Morgan fingerprint density at radius 1 is 1.18 bits per heavy atom. The molecular formula is C21H22FNO5. The van der Waals surface area contributed by atoms with Crippen molar-refractivity contribution in [2.75, 3.05) is 19.8 Å². The lowest BCUT2D eigenvalue weighted by Crippen LogP contribution is -2.30. The summed E-state index contributed by atoms with van der Waals surface area (Å²) in [5, 5.41) is 8.79. The number of carboxylic acid groups (broad SMARTS) is 1. The third-order valence-corrected chi connectivity index (χ3v) is 4.59. The summed E-state index contributed by atoms with van der Waals surface area (Å²) in [6, 6.07) is 10.8. The van der Waals surface area contributed by atoms with Crippen LogP contribution in [0.25, 0.3) is 0 Å². The molecule has 1 heterocycles. The van der Waals surface area contributed by atoms with Gasteiger partial charge in [-0.25, -0.2) is 9.18 Å². The quantitative estimate of drug-likeness (QED) is 0.785. The van der Waals surface area contributed by atoms with Gasteiger partial charge in [-0.3, -0.25) is 4.79 Å². The van der Waals surface area contributed by atoms with Crippen molar-refractivity contribution in [1.82, 2.24) is 4.90 Å². The summed E-state index contributed by atoms with van der Waals surface area (Å²) in [5.74, 6) is -1.02. The first-order valence-electron chi connectivity index (χ1n) is 9.17. The summed E-state index contributed by atoms with van der Waals surface area (Å²) >= 11 is 0. The molecule has 1 saturated heterocycles. The molecular weight excluding hydrogens is 365 g/mol. The smallest absolute Gasteiger partial charge is 0.341 e. The average Bonchev–Trinajstić information content (AvgIpc) is 3.16. The van der Waals surface area contributed by atoms with Crippen LogP contribution in [0.2, 0.25) is 0 Å². The summed E-state index contributed by atoms with van der Waals surface area (Å²) < 4.78 is 24.3. The third-order valence-electron chi connectivity index (χ3n) is 4.59. The van der Waals surface area contributed by atoms with Gasteiger partial charge in [-0.15, -0.1) is 0 Å². The highest BCUT2D eigenvalue weighted by atomic mass is 19.1. The van der Waals surface area contributed by atoms with Gasteiger partial charge in [0, 0.05) is 12.1 Å². The van der Waals surface area contributed by atoms with E-state index >= 15 is 0 Å². The van der Waals surface area contributed by atoms with E-state index in [1.807, 2.05) is 6.07 Å². The lowest BCUT2D eigenvalue weighted by Gasteiger charge is -2.25. The van der Waals surface area contributed by atoms with E-state index in [-0.39, 0.29) is 23.5 Å². The molecule has 148 valence electrons. The fourth-order valence-corrected chi connectivity index (χ4v) is 3.40. The summed E-state index contributed by atoms with van der Waals surface area (Å²) in [4.78, 5) is 25.6. The van der Waals surface area contributed by atoms with Gasteiger partial charge in [0.25, 0.3) is 5.91 Å². The first kappa shape index (κ1) is 19.7. The number of benzene rings is 2. The number of amides is 1. The number of nitrogens with zero attached hydrogens (tertiary/aromatic N) is 1. The van der Waals surface area contributed by atoms with E-state index in [1.54, 1.807) is 30.0 Å². The Labute approximate surface area is 162 Å². The second kappa shape index (κ2) is 8.73. The van der Waals surface area contributed by atoms with Crippen LogP contribution in [0, 0.1) is 5.82 Å². The lowest BCUT2D eigenvalue weighted by atomic mass is 10.0. The van der Waals surface area contributed by atoms with Crippen LogP contribution >= 0.6 is 0 Å². The van der Waals surface area contributed by atoms with Crippen molar-refractivity contribution in [3.05, 3.63) is 59.4 Å². The fourth-order valence-electron chi connectivity index (χ4n) is 3.40. The number of carboxylic acids is 1. The Balaban J connectivity index is 1.84. The van der Waals surface area contributed by atoms with Crippen molar-refractivity contribution >= 4 is 11.9 Å². The van der Waals surface area contributed by atoms with E-state index in [4.69, 9.17) is 14.6 Å². The Bertz CT molecular complexity index is 870. The Morgan fingerprint density at radius 2 is 2.00 bits per heavy atom. The first-order valence-corrected chi connectivity index (χ1v) is 9.17. The van der Waals surface area contributed by atoms with Crippen molar-refractivity contribution < 1.29 is 28.6 Å². The maximum Gasteiger partial charge on any atom is 0.341 e. The van der Waals surface area contributed by atoms with E-state index in [2.05, 4.69) is 0 Å². The second-order valence-electron chi connectivity index (χ2n) is 6.49. The molecule has 0 aliphatic carbocycles. The predicted molar refractivity (Wildman–Crippen MR) is 100 cm³/mol. The van der Waals surface area contributed by atoms with Crippen molar-refractivity contribution in [1.29, 1.82) is 0 Å². The number of carbonyl (C=O) groups is 2. The van der Waals surface area contributed by atoms with Crippen molar-refractivity contribution in [3.63, 3.8) is 0 Å². The van der Waals surface area contributed by atoms with Crippen molar-refractivity contribution in [2.24, 2.45) is 0 Å². The number of hydrogen-bond acceptors (Lipinski definition) is 4. The summed E-state index contributed by atoms with van der Waals surface area (Å²) in [7, 11) is 0. The number of aliphatic carboxylic acids is 1. The molecule has 0 aromatic heterocycles. The molecule has 2 aromatic carbocycles. The zero-order valence-electron chi connectivity index (χ0n) is 15.6. The largest absolute Gasteiger partial charge is 0.490 e. The zero-order chi connectivity index (χ0) is 20.1. The lowest BCUT2D eigenvalue weighted by molar-refractivity contribution is -0.139. The highest BCUT2D eigenvalue weighted by Crippen LogP contribution is 2.35. The molecule has 0 bridgehead atoms. The van der Waals surface area contributed by atoms with Crippen LogP contribution in [-0.4, -0.2) is 41.6 Å². The van der Waals surface area contributed by atoms with E-state index < -0.39 is 12.6 Å². The molecule has 28 heavy (non-hydrogen) atoms. The van der Waals surface area contributed by atoms with Gasteiger partial charge in [0.05, 0.1) is 12.6 Å². The van der Waals surface area contributed by atoms with Gasteiger partial charge in [-0.2, -0.15) is 0 Å². The maximum atomic E-state index is 13.6. The monoisotopic (exact) mass is 387 g/mol. The third kappa shape index (κ3) is 4.42. The minimum absolute atomic E-state index is 0.179. The number of halogens is 1. The summed E-state index contributed by atoms with van der Waals surface area (Å²) in [5.41, 5.74) is 1.19. The molecule has 1 amide bonds. The molecule has 1 fully saturated rings. The normalized spacial score (nSPS) is 16.1. The van der Waals surface area contributed by atoms with E-state index in [0.717, 1.165) is 18.4 Å². The molecule has 1 N–H and O–H groups in total. The van der Waals surface area contributed by atoms with Crippen LogP contribution in [0.3, 0.4) is 0 Å². The van der Waals surface area contributed by atoms with Gasteiger partial charge in [-0.05, 0) is 55.7 Å². The van der Waals surface area contributed by atoms with E-state index in [0.29, 0.717) is 24.5 Å². The van der Waals surface area contributed by atoms with Crippen LogP contribution in [0.5, 0.6) is 11.5 Å². The van der Waals surface area contributed by atoms with Crippen molar-refractivity contribution in [2.45, 2.75) is 25.8 Å². The molecule has 6 nitrogen and oxygen atoms in total. The zero-order valence-corrected chi connectivity index (χ0v) is 15.6. The van der Waals surface area contributed by atoms with Gasteiger partial charge in [0.2, 0.25) is 0 Å². The van der Waals surface area contributed by atoms with Crippen LogP contribution in [0.4, 0.5) is 4.39 Å². The van der Waals surface area contributed by atoms with Gasteiger partial charge >= 0.3 is 5.97 Å². The van der Waals surface area contributed by atoms with Crippen LogP contribution in [0.15, 0.2) is 42.5 Å². The van der Waals surface area contributed by atoms with Gasteiger partial charge in [0.15, 0.2) is 18.1 Å². The molecule has 0 saturated carbocycles. The van der Waals surface area contributed by atoms with Gasteiger partial charge < -0.3 is 19.5 Å². The molecule has 3 rings (SSSR count). The SMILES string of the molecule is CCOc1cc(C(=O)N2CCCC2c2cccc(F)c2)ccc1OCC(=O)O. The van der Waals surface area contributed by atoms with E-state index in [1.165, 1.54) is 18.2 Å². The molecule has 0 radical (unpaired) electrons. The molecule has 7 heteroatoms. The predicted octanol–water partition coefficient (Wildman–Crippen LogP) is 3.67. The topological polar surface area (TPSA) is 76.1 Å². The van der Waals surface area contributed by atoms with Gasteiger partial charge in [0.1, 0.15) is 5.82 Å². The highest BCUT2D eigenvalue weighted by molar-refractivity contribution is 5.95. The van der Waals surface area contributed by atoms with Crippen molar-refractivity contribution in [3.8, 4) is 11.5 Å². The van der Waals surface area contributed by atoms with Crippen LogP contribution in [-0.2, 0) is 4.79 Å². The minimum Gasteiger partial charge on any atom is -0.490 e. The number of rotatable bonds is 7. The molecule has 1 unspecified atom stereocenters. The Kier molecular flexibility index (Phi) is 6.13. The standard InChI is InChI=1S/C21H22FNO5/c1-2-27-19-12-15(8-9-18(19)28-13-20(24)25)21(26)23-10-4-7-17(23)14-5-3-6-16(22)11-14/h3,5-6,8-9,11-12,17H,2,4,7,10,13H2,1H3,(H,24,25). The number of carbonyl (C=O) groups excluding carboxylic acids is 1. The van der Waals surface area contributed by atoms with Crippen LogP contribution in [0.1, 0.15) is 41.7 Å². The molecule has 0 spiro atoms. The average molecular weight is 387 g/mol. The number of hydrogen-bond donors (Lipinski definition) is 1. The Hall–Kier alpha value is -3.09. The first-order chi connectivity index (χ1) is 13.5. The number of likely N-dealkylation sites (tertiary alicyclic amines) is 1. The minimum atomic E-state index is -1.10. The number of ether oxygens (including phenoxy) is 2. The Morgan fingerprint density at radius 3 is 2.71 bits per heavy atom. The van der Waals surface area contributed by atoms with E-state index in [9.17, 15) is 14.0 Å². The molecule has 2 aromatic rings. The highest BCUT2D eigenvalue weighted by Gasteiger charge is 2.31.